The summed E-state index contributed by atoms with van der Waals surface area (Å²) in [6.45, 7) is 0. The lowest BCUT2D eigenvalue weighted by Gasteiger charge is -2.10. The maximum Gasteiger partial charge on any atom is 0.166 e. The van der Waals surface area contributed by atoms with E-state index in [2.05, 4.69) is 170 Å². The first-order chi connectivity index (χ1) is 19.3. The largest absolute Gasteiger partial charge is 0.166 e. The van der Waals surface area contributed by atoms with Gasteiger partial charge in [-0.15, -0.1) is 0 Å². The lowest BCUT2D eigenvalue weighted by molar-refractivity contribution is 1.16. The third kappa shape index (κ3) is 6.04. The van der Waals surface area contributed by atoms with Gasteiger partial charge >= 0.3 is 0 Å². The van der Waals surface area contributed by atoms with Gasteiger partial charge in [-0.25, -0.2) is 0 Å². The topological polar surface area (TPSA) is 0 Å². The molecule has 0 nitrogen and oxygen atoms in total. The Morgan fingerprint density at radius 2 is 0.487 bits per heavy atom. The highest BCUT2D eigenvalue weighted by Gasteiger charge is 2.29. The Labute approximate surface area is 237 Å². The second kappa shape index (κ2) is 12.3. The Hall–Kier alpha value is -3.98. The summed E-state index contributed by atoms with van der Waals surface area (Å²) in [6.07, 6.45) is 0.926. The van der Waals surface area contributed by atoms with Crippen LogP contribution in [-0.4, -0.2) is 0 Å². The molecule has 0 heterocycles. The van der Waals surface area contributed by atoms with Gasteiger partial charge in [0.15, 0.2) is 29.4 Å². The maximum atomic E-state index is 2.31. The van der Waals surface area contributed by atoms with Crippen LogP contribution in [0.1, 0.15) is 11.1 Å². The number of benzene rings is 6. The van der Waals surface area contributed by atoms with Crippen molar-refractivity contribution in [2.45, 2.75) is 35.8 Å². The third-order valence-corrected chi connectivity index (χ3v) is 11.1. The highest BCUT2D eigenvalue weighted by atomic mass is 32.2. The Morgan fingerprint density at radius 3 is 0.744 bits per heavy atom. The van der Waals surface area contributed by atoms with Gasteiger partial charge in [0.05, 0.1) is 21.8 Å². The van der Waals surface area contributed by atoms with Crippen LogP contribution < -0.4 is 0 Å². The lowest BCUT2D eigenvalue weighted by Crippen LogP contribution is -2.05. The van der Waals surface area contributed by atoms with Gasteiger partial charge in [0.1, 0.15) is 0 Å². The van der Waals surface area contributed by atoms with E-state index in [1.165, 1.54) is 40.5 Å². The van der Waals surface area contributed by atoms with Gasteiger partial charge in [0, 0.05) is 0 Å². The van der Waals surface area contributed by atoms with Crippen molar-refractivity contribution >= 4 is 21.8 Å². The molecule has 39 heavy (non-hydrogen) atoms. The SMILES string of the molecule is c1ccc([S+](c2ccccc2)c2ccc(Cc3ccc([S+](c4ccccc4)c4ccccc4)cc3)cc2)cc1. The zero-order valence-electron chi connectivity index (χ0n) is 21.7. The quantitative estimate of drug-likeness (QED) is 0.169. The molecule has 0 aromatic heterocycles. The summed E-state index contributed by atoms with van der Waals surface area (Å²) in [5.41, 5.74) is 2.67. The summed E-state index contributed by atoms with van der Waals surface area (Å²) < 4.78 is 0. The monoisotopic (exact) mass is 538 g/mol. The second-order valence-electron chi connectivity index (χ2n) is 9.33. The summed E-state index contributed by atoms with van der Waals surface area (Å²) in [7, 11) is -0.227. The first-order valence-corrected chi connectivity index (χ1v) is 15.7. The first kappa shape index (κ1) is 25.3. The van der Waals surface area contributed by atoms with E-state index >= 15 is 0 Å². The fourth-order valence-electron chi connectivity index (χ4n) is 4.77. The van der Waals surface area contributed by atoms with Crippen LogP contribution in [0.3, 0.4) is 0 Å². The van der Waals surface area contributed by atoms with Crippen molar-refractivity contribution in [3.8, 4) is 0 Å². The van der Waals surface area contributed by atoms with Crippen LogP contribution in [0.25, 0.3) is 0 Å². The molecule has 0 aliphatic rings. The molecule has 0 amide bonds. The van der Waals surface area contributed by atoms with E-state index in [0.29, 0.717) is 0 Å². The van der Waals surface area contributed by atoms with Crippen molar-refractivity contribution in [1.29, 1.82) is 0 Å². The van der Waals surface area contributed by atoms with Crippen LogP contribution >= 0.6 is 0 Å². The number of hydrogen-bond donors (Lipinski definition) is 0. The average Bonchev–Trinajstić information content (AvgIpc) is 3.01. The van der Waals surface area contributed by atoms with E-state index in [4.69, 9.17) is 0 Å². The summed E-state index contributed by atoms with van der Waals surface area (Å²) in [4.78, 5) is 8.08. The predicted octanol–water partition coefficient (Wildman–Crippen LogP) is 9.47. The van der Waals surface area contributed by atoms with E-state index < -0.39 is 0 Å². The smallest absolute Gasteiger partial charge is 0.0619 e. The van der Waals surface area contributed by atoms with Crippen molar-refractivity contribution in [2.24, 2.45) is 0 Å². The minimum absolute atomic E-state index is 0.113. The zero-order chi connectivity index (χ0) is 26.3. The van der Waals surface area contributed by atoms with E-state index in [1.54, 1.807) is 0 Å². The molecule has 6 aromatic carbocycles. The maximum absolute atomic E-state index is 2.31. The Balaban J connectivity index is 1.24. The molecule has 0 aliphatic heterocycles. The Kier molecular flexibility index (Phi) is 7.95. The minimum atomic E-state index is -0.113. The van der Waals surface area contributed by atoms with Crippen LogP contribution in [0.5, 0.6) is 0 Å². The Morgan fingerprint density at radius 1 is 0.256 bits per heavy atom. The molecule has 2 heteroatoms. The molecule has 0 saturated carbocycles. The zero-order valence-corrected chi connectivity index (χ0v) is 23.3. The fourth-order valence-corrected chi connectivity index (χ4v) is 8.93. The molecule has 188 valence electrons. The van der Waals surface area contributed by atoms with Crippen molar-refractivity contribution < 1.29 is 0 Å². The number of rotatable bonds is 8. The van der Waals surface area contributed by atoms with Gasteiger partial charge in [-0.05, 0) is 90.3 Å². The van der Waals surface area contributed by atoms with E-state index in [1.807, 2.05) is 0 Å². The molecular formula is C37H30S2+2. The van der Waals surface area contributed by atoms with Crippen molar-refractivity contribution in [2.75, 3.05) is 0 Å². The molecule has 6 rings (SSSR count). The van der Waals surface area contributed by atoms with Gasteiger partial charge in [0.25, 0.3) is 0 Å². The van der Waals surface area contributed by atoms with Gasteiger partial charge in [0.2, 0.25) is 0 Å². The lowest BCUT2D eigenvalue weighted by atomic mass is 10.1. The van der Waals surface area contributed by atoms with Crippen LogP contribution in [-0.2, 0) is 28.2 Å². The van der Waals surface area contributed by atoms with Gasteiger partial charge in [-0.2, -0.15) is 0 Å². The summed E-state index contributed by atoms with van der Waals surface area (Å²) in [6, 6.07) is 61.8. The normalized spacial score (nSPS) is 11.1. The van der Waals surface area contributed by atoms with Gasteiger partial charge < -0.3 is 0 Å². The molecule has 0 saturated heterocycles. The van der Waals surface area contributed by atoms with Crippen molar-refractivity contribution in [1.82, 2.24) is 0 Å². The molecule has 0 fully saturated rings. The molecular weight excluding hydrogens is 509 g/mol. The molecule has 0 N–H and O–H groups in total. The molecule has 0 atom stereocenters. The van der Waals surface area contributed by atoms with Crippen molar-refractivity contribution in [3.05, 3.63) is 181 Å². The highest BCUT2D eigenvalue weighted by Crippen LogP contribution is 2.33. The van der Waals surface area contributed by atoms with Gasteiger partial charge in [-0.3, -0.25) is 0 Å². The van der Waals surface area contributed by atoms with E-state index in [9.17, 15) is 0 Å². The summed E-state index contributed by atoms with van der Waals surface area (Å²) in [5.74, 6) is 0. The van der Waals surface area contributed by atoms with E-state index in [0.717, 1.165) is 6.42 Å². The Bertz CT molecular complexity index is 1380. The average molecular weight is 539 g/mol. The van der Waals surface area contributed by atoms with Gasteiger partial charge in [-0.1, -0.05) is 97.1 Å². The first-order valence-electron chi connectivity index (χ1n) is 13.2. The minimum Gasteiger partial charge on any atom is -0.0619 e. The summed E-state index contributed by atoms with van der Waals surface area (Å²) >= 11 is 0. The van der Waals surface area contributed by atoms with Crippen LogP contribution in [0.2, 0.25) is 0 Å². The van der Waals surface area contributed by atoms with Crippen LogP contribution in [0.4, 0.5) is 0 Å². The standard InChI is InChI=1S/C37H30S2/c1-5-13-32(14-6-1)38(33-15-7-2-8-16-33)36-25-21-30(22-26-36)29-31-23-27-37(28-24-31)39(34-17-9-3-10-18-34)35-19-11-4-12-20-35/h1-28H,29H2/q+2. The summed E-state index contributed by atoms with van der Waals surface area (Å²) in [5, 5.41) is 0. The molecule has 6 aromatic rings. The molecule has 0 aliphatic carbocycles. The molecule has 0 spiro atoms. The van der Waals surface area contributed by atoms with Crippen molar-refractivity contribution in [3.63, 3.8) is 0 Å². The highest BCUT2D eigenvalue weighted by molar-refractivity contribution is 7.97. The fraction of sp³-hybridized carbons (Fsp3) is 0.0270. The second-order valence-corrected chi connectivity index (χ2v) is 13.4. The molecule has 0 bridgehead atoms. The van der Waals surface area contributed by atoms with Crippen LogP contribution in [0, 0.1) is 0 Å². The number of hydrogen-bond acceptors (Lipinski definition) is 0. The molecule has 0 unspecified atom stereocenters. The predicted molar refractivity (Wildman–Crippen MR) is 166 cm³/mol. The van der Waals surface area contributed by atoms with Crippen LogP contribution in [0.15, 0.2) is 199 Å². The van der Waals surface area contributed by atoms with E-state index in [-0.39, 0.29) is 21.8 Å². The third-order valence-electron chi connectivity index (χ3n) is 6.64. The molecule has 0 radical (unpaired) electrons.